The summed E-state index contributed by atoms with van der Waals surface area (Å²) in [6, 6.07) is 122. The first-order valence-electron chi connectivity index (χ1n) is 28.5. The molecule has 384 valence electrons. The molecule has 0 unspecified atom stereocenters. The maximum absolute atomic E-state index is 2.50. The minimum Gasteiger partial charge on any atom is -0.310 e. The van der Waals surface area contributed by atoms with Crippen molar-refractivity contribution in [1.82, 2.24) is 4.57 Å². The summed E-state index contributed by atoms with van der Waals surface area (Å²) in [6.07, 6.45) is 0. The van der Waals surface area contributed by atoms with Crippen molar-refractivity contribution in [2.75, 3.05) is 4.90 Å². The lowest BCUT2D eigenvalue weighted by Crippen LogP contribution is -2.28. The van der Waals surface area contributed by atoms with Gasteiger partial charge in [-0.2, -0.15) is 0 Å². The van der Waals surface area contributed by atoms with Gasteiger partial charge in [0.2, 0.25) is 0 Å². The number of rotatable bonds is 10. The molecule has 0 aliphatic heterocycles. The summed E-state index contributed by atoms with van der Waals surface area (Å²) in [5, 5.41) is 2.43. The highest BCUT2D eigenvalue weighted by Crippen LogP contribution is 2.58. The first-order chi connectivity index (χ1) is 40.7. The van der Waals surface area contributed by atoms with Crippen LogP contribution in [0.5, 0.6) is 0 Å². The lowest BCUT2D eigenvalue weighted by Gasteiger charge is -2.35. The molecule has 2 nitrogen and oxygen atoms in total. The first-order valence-corrected chi connectivity index (χ1v) is 28.5. The zero-order chi connectivity index (χ0) is 54.2. The Hall–Kier alpha value is -10.5. The van der Waals surface area contributed by atoms with Crippen LogP contribution in [-0.2, 0) is 10.8 Å². The molecule has 2 aliphatic rings. The van der Waals surface area contributed by atoms with E-state index in [1.54, 1.807) is 0 Å². The molecule has 0 saturated heterocycles. The zero-order valence-electron chi connectivity index (χ0n) is 45.1. The van der Waals surface area contributed by atoms with Gasteiger partial charge in [0.1, 0.15) is 0 Å². The second kappa shape index (κ2) is 19.1. The van der Waals surface area contributed by atoms with Gasteiger partial charge in [-0.25, -0.2) is 0 Å². The Labute approximate surface area is 478 Å². The quantitative estimate of drug-likeness (QED) is 0.133. The fraction of sp³-hybridized carbons (Fsp3) is 0.0250. The van der Waals surface area contributed by atoms with Crippen LogP contribution in [-0.4, -0.2) is 4.57 Å². The van der Waals surface area contributed by atoms with Crippen molar-refractivity contribution in [2.24, 2.45) is 0 Å². The molecule has 1 aromatic heterocycles. The van der Waals surface area contributed by atoms with E-state index in [-0.39, 0.29) is 0 Å². The molecule has 1 heterocycles. The van der Waals surface area contributed by atoms with Crippen molar-refractivity contribution >= 4 is 38.9 Å². The molecule has 0 bridgehead atoms. The van der Waals surface area contributed by atoms with Gasteiger partial charge in [0, 0.05) is 33.5 Å². The monoisotopic (exact) mass is 1040 g/mol. The van der Waals surface area contributed by atoms with Crippen LogP contribution in [0.15, 0.2) is 328 Å². The number of para-hydroxylation sites is 1. The average Bonchev–Trinajstić information content (AvgIpc) is 3.96. The Kier molecular flexibility index (Phi) is 11.0. The Morgan fingerprint density at radius 1 is 0.232 bits per heavy atom. The number of anilines is 3. The van der Waals surface area contributed by atoms with E-state index in [1.807, 2.05) is 0 Å². The molecule has 0 saturated carbocycles. The maximum Gasteiger partial charge on any atom is 0.0714 e. The lowest BCUT2D eigenvalue weighted by molar-refractivity contribution is 0.768. The molecule has 13 aromatic carbocycles. The van der Waals surface area contributed by atoms with Gasteiger partial charge in [0.05, 0.1) is 21.9 Å². The van der Waals surface area contributed by atoms with Gasteiger partial charge in [0.15, 0.2) is 0 Å². The molecule has 16 rings (SSSR count). The summed E-state index contributed by atoms with van der Waals surface area (Å²) in [5.74, 6) is 0. The highest BCUT2D eigenvalue weighted by atomic mass is 15.1. The summed E-state index contributed by atoms with van der Waals surface area (Å²) in [7, 11) is 0. The van der Waals surface area contributed by atoms with Crippen molar-refractivity contribution in [3.63, 3.8) is 0 Å². The third-order valence-corrected chi connectivity index (χ3v) is 17.8. The number of benzene rings is 13. The molecule has 0 N–H and O–H groups in total. The van der Waals surface area contributed by atoms with E-state index in [4.69, 9.17) is 0 Å². The van der Waals surface area contributed by atoms with Crippen molar-refractivity contribution in [1.29, 1.82) is 0 Å². The van der Waals surface area contributed by atoms with Crippen molar-refractivity contribution in [3.8, 4) is 50.2 Å². The van der Waals surface area contributed by atoms with Crippen molar-refractivity contribution in [2.45, 2.75) is 10.8 Å². The van der Waals surface area contributed by atoms with Crippen LogP contribution in [0.1, 0.15) is 44.5 Å². The average molecular weight is 1040 g/mol. The summed E-state index contributed by atoms with van der Waals surface area (Å²) >= 11 is 0. The molecule has 2 heteroatoms. The fourth-order valence-corrected chi connectivity index (χ4v) is 14.3. The van der Waals surface area contributed by atoms with Gasteiger partial charge in [-0.1, -0.05) is 255 Å². The molecule has 0 atom stereocenters. The van der Waals surface area contributed by atoms with Crippen LogP contribution in [0.3, 0.4) is 0 Å². The SMILES string of the molecule is c1ccc(-c2ccc(N(c3ccc(-c4ccc5c(c4)c4cc(C6(c7ccccc7)c7ccccc7-c7ccccc76)ccc4n5-c4ccccc4)cc3)c3cccc(C4(c5ccccc5)c5ccccc5-c5ccccc54)c3)cc2)cc1. The van der Waals surface area contributed by atoms with Gasteiger partial charge in [-0.05, 0) is 162 Å². The van der Waals surface area contributed by atoms with Crippen LogP contribution in [0.4, 0.5) is 17.1 Å². The predicted octanol–water partition coefficient (Wildman–Crippen LogP) is 20.3. The van der Waals surface area contributed by atoms with Crippen LogP contribution in [0.25, 0.3) is 72.0 Å². The van der Waals surface area contributed by atoms with Gasteiger partial charge in [0.25, 0.3) is 0 Å². The Balaban J connectivity index is 0.856. The van der Waals surface area contributed by atoms with Gasteiger partial charge in [-0.15, -0.1) is 0 Å². The minimum atomic E-state index is -0.533. The number of hydrogen-bond acceptors (Lipinski definition) is 1. The molecular weight excluding hydrogens is 989 g/mol. The molecule has 2 aliphatic carbocycles. The normalized spacial score (nSPS) is 13.3. The minimum absolute atomic E-state index is 0.515. The van der Waals surface area contributed by atoms with E-state index >= 15 is 0 Å². The lowest BCUT2D eigenvalue weighted by atomic mass is 9.67. The third-order valence-electron chi connectivity index (χ3n) is 17.8. The number of fused-ring (bicyclic) bond motifs is 9. The summed E-state index contributed by atoms with van der Waals surface area (Å²) < 4.78 is 2.44. The second-order valence-corrected chi connectivity index (χ2v) is 21.9. The number of aromatic nitrogens is 1. The summed E-state index contributed by atoms with van der Waals surface area (Å²) in [4.78, 5) is 2.42. The third kappa shape index (κ3) is 7.14. The van der Waals surface area contributed by atoms with Gasteiger partial charge in [-0.3, -0.25) is 0 Å². The molecular formula is C80H54N2. The van der Waals surface area contributed by atoms with Crippen molar-refractivity contribution in [3.05, 3.63) is 372 Å². The maximum atomic E-state index is 2.50. The van der Waals surface area contributed by atoms with Crippen LogP contribution >= 0.6 is 0 Å². The Bertz CT molecular complexity index is 4620. The number of hydrogen-bond donors (Lipinski definition) is 0. The highest BCUT2D eigenvalue weighted by molar-refractivity contribution is 6.11. The zero-order valence-corrected chi connectivity index (χ0v) is 45.1. The van der Waals surface area contributed by atoms with Gasteiger partial charge < -0.3 is 9.47 Å². The van der Waals surface area contributed by atoms with Crippen LogP contribution in [0.2, 0.25) is 0 Å². The molecule has 0 radical (unpaired) electrons. The second-order valence-electron chi connectivity index (χ2n) is 21.9. The topological polar surface area (TPSA) is 8.17 Å². The van der Waals surface area contributed by atoms with E-state index in [1.165, 1.54) is 99.7 Å². The van der Waals surface area contributed by atoms with E-state index in [2.05, 4.69) is 337 Å². The molecule has 0 fully saturated rings. The predicted molar refractivity (Wildman–Crippen MR) is 341 cm³/mol. The summed E-state index contributed by atoms with van der Waals surface area (Å²) in [6.45, 7) is 0. The Morgan fingerprint density at radius 2 is 0.598 bits per heavy atom. The van der Waals surface area contributed by atoms with Gasteiger partial charge >= 0.3 is 0 Å². The first kappa shape index (κ1) is 47.5. The van der Waals surface area contributed by atoms with Crippen LogP contribution < -0.4 is 4.90 Å². The van der Waals surface area contributed by atoms with E-state index in [9.17, 15) is 0 Å². The van der Waals surface area contributed by atoms with E-state index < -0.39 is 10.8 Å². The van der Waals surface area contributed by atoms with Crippen LogP contribution in [0, 0.1) is 0 Å². The van der Waals surface area contributed by atoms with Crippen molar-refractivity contribution < 1.29 is 0 Å². The number of nitrogens with zero attached hydrogens (tertiary/aromatic N) is 2. The van der Waals surface area contributed by atoms with E-state index in [0.717, 1.165) is 33.9 Å². The highest BCUT2D eigenvalue weighted by Gasteiger charge is 2.47. The standard InChI is InChI=1S/C80H54N2/c1-5-22-55(23-6-1)56-40-46-64(47-41-56)81(66-31-21-28-61(53-66)79(59-24-7-2-8-25-59)73-36-17-13-32-67(73)68-33-14-18-37-74(68)79)65-48-42-57(43-49-65)58-44-50-77-71(52-58)72-54-62(45-51-78(72)82(77)63-29-11-4-12-30-63)80(60-26-9-3-10-27-60)75-38-19-15-34-69(75)70-35-16-20-39-76(70)80/h1-54H. The Morgan fingerprint density at radius 3 is 1.10 bits per heavy atom. The largest absolute Gasteiger partial charge is 0.310 e. The molecule has 82 heavy (non-hydrogen) atoms. The summed E-state index contributed by atoms with van der Waals surface area (Å²) in [5.41, 5.74) is 25.7. The smallest absolute Gasteiger partial charge is 0.0714 e. The molecule has 14 aromatic rings. The molecule has 0 spiro atoms. The van der Waals surface area contributed by atoms with E-state index in [0.29, 0.717) is 0 Å². The fourth-order valence-electron chi connectivity index (χ4n) is 14.3. The molecule has 0 amide bonds.